The molecular weight excluding hydrogens is 178 g/mol. The molecule has 0 saturated heterocycles. The van der Waals surface area contributed by atoms with Gasteiger partial charge in [0.05, 0.1) is 5.69 Å². The van der Waals surface area contributed by atoms with Crippen LogP contribution in [0.5, 0.6) is 0 Å². The highest BCUT2D eigenvalue weighted by atomic mass is 16.1. The van der Waals surface area contributed by atoms with Crippen LogP contribution in [0.3, 0.4) is 0 Å². The lowest BCUT2D eigenvalue weighted by atomic mass is 10.0. The van der Waals surface area contributed by atoms with Crippen LogP contribution in [-0.4, -0.2) is 10.4 Å². The highest BCUT2D eigenvalue weighted by Crippen LogP contribution is 2.29. The summed E-state index contributed by atoms with van der Waals surface area (Å²) in [5, 5.41) is 0. The number of hydrogen-bond donors (Lipinski definition) is 0. The topological polar surface area (TPSA) is 39.1 Å². The van der Waals surface area contributed by atoms with Gasteiger partial charge in [-0.15, -0.1) is 0 Å². The standard InChI is InChI=1S/C11H13NO2/c1-7-4-5-8-9(13)6-11(2,3)12(8)10(7)14/h4-5H,6H2,1-3H3. The van der Waals surface area contributed by atoms with Crippen molar-refractivity contribution < 1.29 is 4.79 Å². The molecular formula is C11H13NO2. The van der Waals surface area contributed by atoms with E-state index in [9.17, 15) is 9.59 Å². The second kappa shape index (κ2) is 2.56. The number of pyridine rings is 1. The van der Waals surface area contributed by atoms with Gasteiger partial charge in [0.15, 0.2) is 5.78 Å². The molecule has 3 heteroatoms. The fourth-order valence-electron chi connectivity index (χ4n) is 2.02. The Morgan fingerprint density at radius 2 is 1.93 bits per heavy atom. The van der Waals surface area contributed by atoms with E-state index < -0.39 is 0 Å². The van der Waals surface area contributed by atoms with Gasteiger partial charge in [0, 0.05) is 17.5 Å². The molecule has 0 atom stereocenters. The van der Waals surface area contributed by atoms with Crippen LogP contribution >= 0.6 is 0 Å². The number of carbonyl (C=O) groups is 1. The lowest BCUT2D eigenvalue weighted by Gasteiger charge is -2.20. The van der Waals surface area contributed by atoms with Gasteiger partial charge in [-0.3, -0.25) is 14.2 Å². The van der Waals surface area contributed by atoms with E-state index in [2.05, 4.69) is 0 Å². The largest absolute Gasteiger partial charge is 0.299 e. The second-order valence-corrected chi connectivity index (χ2v) is 4.45. The van der Waals surface area contributed by atoms with Crippen molar-refractivity contribution in [1.29, 1.82) is 0 Å². The molecule has 14 heavy (non-hydrogen) atoms. The Morgan fingerprint density at radius 1 is 1.29 bits per heavy atom. The summed E-state index contributed by atoms with van der Waals surface area (Å²) in [6.07, 6.45) is 0.422. The number of ketones is 1. The van der Waals surface area contributed by atoms with Crippen LogP contribution < -0.4 is 5.56 Å². The highest BCUT2D eigenvalue weighted by Gasteiger charge is 2.36. The first kappa shape index (κ1) is 9.19. The highest BCUT2D eigenvalue weighted by molar-refractivity contribution is 5.97. The first-order valence-corrected chi connectivity index (χ1v) is 4.70. The molecule has 1 aromatic heterocycles. The first-order chi connectivity index (χ1) is 6.43. The van der Waals surface area contributed by atoms with Crippen LogP contribution in [0.4, 0.5) is 0 Å². The quantitative estimate of drug-likeness (QED) is 0.623. The smallest absolute Gasteiger partial charge is 0.254 e. The van der Waals surface area contributed by atoms with Gasteiger partial charge in [-0.1, -0.05) is 6.07 Å². The molecule has 0 bridgehead atoms. The molecule has 0 saturated carbocycles. The zero-order chi connectivity index (χ0) is 10.5. The molecule has 0 amide bonds. The summed E-state index contributed by atoms with van der Waals surface area (Å²) in [6, 6.07) is 3.46. The van der Waals surface area contributed by atoms with Crippen molar-refractivity contribution in [2.24, 2.45) is 0 Å². The van der Waals surface area contributed by atoms with E-state index in [1.54, 1.807) is 23.6 Å². The third kappa shape index (κ3) is 1.05. The number of aromatic nitrogens is 1. The van der Waals surface area contributed by atoms with Crippen molar-refractivity contribution in [3.63, 3.8) is 0 Å². The Bertz CT molecular complexity index is 469. The van der Waals surface area contributed by atoms with Crippen LogP contribution in [0.1, 0.15) is 36.3 Å². The predicted octanol–water partition coefficient (Wildman–Crippen LogP) is 1.48. The van der Waals surface area contributed by atoms with Gasteiger partial charge >= 0.3 is 0 Å². The zero-order valence-electron chi connectivity index (χ0n) is 8.63. The van der Waals surface area contributed by atoms with Gasteiger partial charge < -0.3 is 0 Å². The number of aryl methyl sites for hydroxylation is 1. The van der Waals surface area contributed by atoms with Gasteiger partial charge in [-0.25, -0.2) is 0 Å². The van der Waals surface area contributed by atoms with Gasteiger partial charge in [-0.2, -0.15) is 0 Å². The molecule has 3 nitrogen and oxygen atoms in total. The van der Waals surface area contributed by atoms with Crippen molar-refractivity contribution >= 4 is 5.78 Å². The maximum absolute atomic E-state index is 11.8. The average molecular weight is 191 g/mol. The van der Waals surface area contributed by atoms with Gasteiger partial charge in [0.25, 0.3) is 5.56 Å². The van der Waals surface area contributed by atoms with Crippen LogP contribution in [0.2, 0.25) is 0 Å². The van der Waals surface area contributed by atoms with Crippen molar-refractivity contribution in [1.82, 2.24) is 4.57 Å². The van der Waals surface area contributed by atoms with Crippen LogP contribution in [0.15, 0.2) is 16.9 Å². The van der Waals surface area contributed by atoms with E-state index >= 15 is 0 Å². The predicted molar refractivity (Wildman–Crippen MR) is 53.7 cm³/mol. The van der Waals surface area contributed by atoms with Gasteiger partial charge in [0.1, 0.15) is 0 Å². The molecule has 0 fully saturated rings. The van der Waals surface area contributed by atoms with E-state index in [4.69, 9.17) is 0 Å². The summed E-state index contributed by atoms with van der Waals surface area (Å²) in [5.74, 6) is 0.0621. The van der Waals surface area contributed by atoms with E-state index in [0.29, 0.717) is 17.7 Å². The molecule has 0 radical (unpaired) electrons. The number of Topliss-reactive ketones (excluding diaryl/α,β-unsaturated/α-hetero) is 1. The Kier molecular flexibility index (Phi) is 1.68. The Hall–Kier alpha value is -1.38. The average Bonchev–Trinajstić information content (AvgIpc) is 2.29. The van der Waals surface area contributed by atoms with Crippen molar-refractivity contribution in [2.45, 2.75) is 32.7 Å². The molecule has 74 valence electrons. The Balaban J connectivity index is 2.84. The minimum absolute atomic E-state index is 0.0432. The molecule has 1 aliphatic heterocycles. The van der Waals surface area contributed by atoms with E-state index in [0.717, 1.165) is 0 Å². The fraction of sp³-hybridized carbons (Fsp3) is 0.455. The Morgan fingerprint density at radius 3 is 2.57 bits per heavy atom. The number of carbonyl (C=O) groups excluding carboxylic acids is 1. The molecule has 1 aromatic rings. The normalized spacial score (nSPS) is 18.4. The minimum atomic E-state index is -0.366. The molecule has 0 spiro atoms. The van der Waals surface area contributed by atoms with Crippen molar-refractivity contribution in [2.75, 3.05) is 0 Å². The number of rotatable bonds is 0. The summed E-state index contributed by atoms with van der Waals surface area (Å²) in [4.78, 5) is 23.4. The minimum Gasteiger partial charge on any atom is -0.299 e. The second-order valence-electron chi connectivity index (χ2n) is 4.45. The summed E-state index contributed by atoms with van der Waals surface area (Å²) < 4.78 is 1.62. The third-order valence-electron chi connectivity index (χ3n) is 2.76. The van der Waals surface area contributed by atoms with Crippen molar-refractivity contribution in [3.05, 3.63) is 33.7 Å². The number of nitrogens with zero attached hydrogens (tertiary/aromatic N) is 1. The SMILES string of the molecule is Cc1ccc2n(c1=O)C(C)(C)CC2=O. The molecule has 2 heterocycles. The molecule has 0 unspecified atom stereocenters. The molecule has 0 aliphatic carbocycles. The molecule has 0 aromatic carbocycles. The van der Waals surface area contributed by atoms with Crippen LogP contribution in [0.25, 0.3) is 0 Å². The zero-order valence-corrected chi connectivity index (χ0v) is 8.63. The lowest BCUT2D eigenvalue weighted by Crippen LogP contribution is -2.34. The van der Waals surface area contributed by atoms with E-state index in [1.807, 2.05) is 13.8 Å². The van der Waals surface area contributed by atoms with E-state index in [-0.39, 0.29) is 16.9 Å². The molecule has 2 rings (SSSR count). The summed E-state index contributed by atoms with van der Waals surface area (Å²) in [6.45, 7) is 5.61. The summed E-state index contributed by atoms with van der Waals surface area (Å²) >= 11 is 0. The summed E-state index contributed by atoms with van der Waals surface area (Å²) in [5.41, 5.74) is 0.829. The number of fused-ring (bicyclic) bond motifs is 1. The first-order valence-electron chi connectivity index (χ1n) is 4.70. The fourth-order valence-corrected chi connectivity index (χ4v) is 2.02. The van der Waals surface area contributed by atoms with Crippen molar-refractivity contribution in [3.8, 4) is 0 Å². The maximum atomic E-state index is 11.8. The van der Waals surface area contributed by atoms with Gasteiger partial charge in [-0.05, 0) is 26.8 Å². The van der Waals surface area contributed by atoms with Crippen LogP contribution in [0, 0.1) is 6.92 Å². The Labute approximate surface area is 82.4 Å². The monoisotopic (exact) mass is 191 g/mol. The van der Waals surface area contributed by atoms with Gasteiger partial charge in [0.2, 0.25) is 0 Å². The number of hydrogen-bond acceptors (Lipinski definition) is 2. The van der Waals surface area contributed by atoms with Crippen LogP contribution in [-0.2, 0) is 5.54 Å². The van der Waals surface area contributed by atoms with E-state index in [1.165, 1.54) is 0 Å². The third-order valence-corrected chi connectivity index (χ3v) is 2.76. The molecule has 1 aliphatic rings. The maximum Gasteiger partial charge on any atom is 0.254 e. The molecule has 0 N–H and O–H groups in total. The summed E-state index contributed by atoms with van der Waals surface area (Å²) in [7, 11) is 0. The lowest BCUT2D eigenvalue weighted by molar-refractivity contribution is 0.0978.